The Morgan fingerprint density at radius 3 is 3.00 bits per heavy atom. The molecule has 0 aliphatic carbocycles. The Morgan fingerprint density at radius 1 is 1.45 bits per heavy atom. The average Bonchev–Trinajstić information content (AvgIpc) is 2.35. The van der Waals surface area contributed by atoms with Crippen LogP contribution in [0.3, 0.4) is 0 Å². The first kappa shape index (κ1) is 6.60. The van der Waals surface area contributed by atoms with Gasteiger partial charge in [0, 0.05) is 0 Å². The van der Waals surface area contributed by atoms with Gasteiger partial charge in [-0.1, -0.05) is 0 Å². The van der Waals surface area contributed by atoms with Gasteiger partial charge in [0.1, 0.15) is 18.1 Å². The molecule has 0 saturated heterocycles. The quantitative estimate of drug-likeness (QED) is 0.726. The van der Waals surface area contributed by atoms with Crippen molar-refractivity contribution in [2.45, 2.75) is 0 Å². The second-order valence-corrected chi connectivity index (χ2v) is 2.81. The summed E-state index contributed by atoms with van der Waals surface area (Å²) in [4.78, 5) is 7.44. The van der Waals surface area contributed by atoms with E-state index < -0.39 is 0 Å². The van der Waals surface area contributed by atoms with E-state index in [-0.39, 0.29) is 5.88 Å². The number of halogens is 1. The molecule has 0 aliphatic heterocycles. The molecule has 0 radical (unpaired) electrons. The van der Waals surface area contributed by atoms with Crippen molar-refractivity contribution in [3.8, 4) is 5.88 Å². The molecule has 0 atom stereocenters. The minimum atomic E-state index is -0.138. The zero-order valence-corrected chi connectivity index (χ0v) is 6.87. The summed E-state index contributed by atoms with van der Waals surface area (Å²) in [6.45, 7) is 0. The normalized spacial score (nSPS) is 10.6. The molecule has 0 fully saturated rings. The highest BCUT2D eigenvalue weighted by atomic mass is 79.9. The van der Waals surface area contributed by atoms with Crippen LogP contribution in [0.2, 0.25) is 0 Å². The molecule has 0 spiro atoms. The maximum atomic E-state index is 9.12. The van der Waals surface area contributed by atoms with Crippen molar-refractivity contribution in [3.63, 3.8) is 0 Å². The Bertz CT molecular complexity index is 398. The fraction of sp³-hybridized carbons (Fsp3) is 0. The Hall–Kier alpha value is -1.10. The van der Waals surface area contributed by atoms with E-state index in [0.29, 0.717) is 15.6 Å². The fourth-order valence-corrected chi connectivity index (χ4v) is 1.19. The number of aromatic nitrogens is 2. The lowest BCUT2D eigenvalue weighted by atomic mass is 10.5. The molecule has 1 N–H and O–H groups in total. The van der Waals surface area contributed by atoms with Gasteiger partial charge in [0.2, 0.25) is 5.58 Å². The van der Waals surface area contributed by atoms with Gasteiger partial charge >= 0.3 is 0 Å². The van der Waals surface area contributed by atoms with E-state index >= 15 is 0 Å². The molecule has 2 aromatic rings. The molecular weight excluding hydrogens is 212 g/mol. The molecule has 0 aromatic carbocycles. The molecule has 2 rings (SSSR count). The van der Waals surface area contributed by atoms with Crippen LogP contribution in [0.1, 0.15) is 0 Å². The van der Waals surface area contributed by atoms with Crippen LogP contribution in [-0.2, 0) is 0 Å². The predicted octanol–water partition coefficient (Wildman–Crippen LogP) is 1.69. The van der Waals surface area contributed by atoms with Gasteiger partial charge in [-0.15, -0.1) is 0 Å². The third-order valence-corrected chi connectivity index (χ3v) is 1.85. The summed E-state index contributed by atoms with van der Waals surface area (Å²) in [6, 6.07) is 0. The van der Waals surface area contributed by atoms with Crippen molar-refractivity contribution in [2.75, 3.05) is 0 Å². The van der Waals surface area contributed by atoms with Gasteiger partial charge in [0.05, 0.1) is 4.47 Å². The first-order valence-electron chi connectivity index (χ1n) is 2.85. The third kappa shape index (κ3) is 0.883. The fourth-order valence-electron chi connectivity index (χ4n) is 0.810. The van der Waals surface area contributed by atoms with Gasteiger partial charge in [0.25, 0.3) is 5.88 Å². The summed E-state index contributed by atoms with van der Waals surface area (Å²) >= 11 is 3.21. The third-order valence-electron chi connectivity index (χ3n) is 1.29. The molecule has 0 saturated carbocycles. The van der Waals surface area contributed by atoms with Gasteiger partial charge in [-0.25, -0.2) is 4.98 Å². The summed E-state index contributed by atoms with van der Waals surface area (Å²) in [6.07, 6.45) is 2.73. The summed E-state index contributed by atoms with van der Waals surface area (Å²) < 4.78 is 5.67. The van der Waals surface area contributed by atoms with Crippen molar-refractivity contribution in [3.05, 3.63) is 17.1 Å². The maximum Gasteiger partial charge on any atom is 0.259 e. The number of nitrogens with zero attached hydrogens (tertiary/aromatic N) is 2. The summed E-state index contributed by atoms with van der Waals surface area (Å²) in [5.74, 6) is -0.138. The Labute approximate surface area is 70.0 Å². The first-order valence-corrected chi connectivity index (χ1v) is 3.65. The van der Waals surface area contributed by atoms with Crippen LogP contribution >= 0.6 is 15.9 Å². The molecule has 0 unspecified atom stereocenters. The van der Waals surface area contributed by atoms with E-state index in [2.05, 4.69) is 25.9 Å². The lowest BCUT2D eigenvalue weighted by Gasteiger charge is -1.88. The average molecular weight is 215 g/mol. The number of aromatic hydroxyl groups is 1. The van der Waals surface area contributed by atoms with Crippen LogP contribution in [-0.4, -0.2) is 15.1 Å². The number of rotatable bonds is 0. The number of furan rings is 1. The molecule has 11 heavy (non-hydrogen) atoms. The minimum Gasteiger partial charge on any atom is -0.491 e. The van der Waals surface area contributed by atoms with Crippen LogP contribution in [0, 0.1) is 0 Å². The van der Waals surface area contributed by atoms with Crippen molar-refractivity contribution < 1.29 is 9.52 Å². The zero-order chi connectivity index (χ0) is 7.84. The standard InChI is InChI=1S/C6H3BrN2O2/c7-3-1-11-5-4(3)8-2-9-6(5)10/h1-2H,(H,8,9,10). The van der Waals surface area contributed by atoms with Gasteiger partial charge < -0.3 is 9.52 Å². The Kier molecular flexibility index (Phi) is 1.32. The Balaban J connectivity index is 2.94. The molecule has 2 aromatic heterocycles. The van der Waals surface area contributed by atoms with E-state index in [9.17, 15) is 0 Å². The van der Waals surface area contributed by atoms with E-state index in [1.807, 2.05) is 0 Å². The SMILES string of the molecule is Oc1ncnc2c(Br)coc12. The lowest BCUT2D eigenvalue weighted by Crippen LogP contribution is -1.77. The summed E-state index contributed by atoms with van der Waals surface area (Å²) in [7, 11) is 0. The van der Waals surface area contributed by atoms with Crippen LogP contribution in [0.4, 0.5) is 0 Å². The lowest BCUT2D eigenvalue weighted by molar-refractivity contribution is 0.443. The zero-order valence-electron chi connectivity index (χ0n) is 5.28. The molecule has 56 valence electrons. The number of hydrogen-bond donors (Lipinski definition) is 1. The molecule has 4 nitrogen and oxygen atoms in total. The predicted molar refractivity (Wildman–Crippen MR) is 41.2 cm³/mol. The smallest absolute Gasteiger partial charge is 0.259 e. The maximum absolute atomic E-state index is 9.12. The molecule has 5 heteroatoms. The van der Waals surface area contributed by atoms with Crippen molar-refractivity contribution in [1.82, 2.24) is 9.97 Å². The van der Waals surface area contributed by atoms with E-state index in [1.54, 1.807) is 0 Å². The molecule has 0 amide bonds. The Morgan fingerprint density at radius 2 is 2.27 bits per heavy atom. The van der Waals surface area contributed by atoms with Gasteiger partial charge in [-0.05, 0) is 15.9 Å². The number of fused-ring (bicyclic) bond motifs is 1. The topological polar surface area (TPSA) is 59.2 Å². The summed E-state index contributed by atoms with van der Waals surface area (Å²) in [5.41, 5.74) is 0.886. The second-order valence-electron chi connectivity index (χ2n) is 1.96. The first-order chi connectivity index (χ1) is 5.29. The molecule has 0 bridgehead atoms. The highest BCUT2D eigenvalue weighted by molar-refractivity contribution is 9.10. The van der Waals surface area contributed by atoms with Gasteiger partial charge in [-0.3, -0.25) is 0 Å². The van der Waals surface area contributed by atoms with Crippen molar-refractivity contribution >= 4 is 27.0 Å². The van der Waals surface area contributed by atoms with Crippen molar-refractivity contribution in [1.29, 1.82) is 0 Å². The van der Waals surface area contributed by atoms with Crippen LogP contribution in [0.5, 0.6) is 5.88 Å². The highest BCUT2D eigenvalue weighted by Crippen LogP contribution is 2.27. The number of hydrogen-bond acceptors (Lipinski definition) is 4. The molecule has 2 heterocycles. The highest BCUT2D eigenvalue weighted by Gasteiger charge is 2.08. The van der Waals surface area contributed by atoms with Crippen LogP contribution < -0.4 is 0 Å². The van der Waals surface area contributed by atoms with Crippen LogP contribution in [0.25, 0.3) is 11.1 Å². The van der Waals surface area contributed by atoms with Gasteiger partial charge in [0.15, 0.2) is 0 Å². The second kappa shape index (κ2) is 2.20. The molecule has 0 aliphatic rings. The minimum absolute atomic E-state index is 0.138. The van der Waals surface area contributed by atoms with E-state index in [1.165, 1.54) is 12.6 Å². The monoisotopic (exact) mass is 214 g/mol. The van der Waals surface area contributed by atoms with E-state index in [4.69, 9.17) is 9.52 Å². The van der Waals surface area contributed by atoms with Crippen LogP contribution in [0.15, 0.2) is 21.5 Å². The van der Waals surface area contributed by atoms with Gasteiger partial charge in [-0.2, -0.15) is 4.98 Å². The molecular formula is C6H3BrN2O2. The largest absolute Gasteiger partial charge is 0.491 e. The van der Waals surface area contributed by atoms with Crippen molar-refractivity contribution in [2.24, 2.45) is 0 Å². The summed E-state index contributed by atoms with van der Waals surface area (Å²) in [5, 5.41) is 9.12. The van der Waals surface area contributed by atoms with E-state index in [0.717, 1.165) is 0 Å².